The van der Waals surface area contributed by atoms with Crippen LogP contribution in [0.1, 0.15) is 33.1 Å². The van der Waals surface area contributed by atoms with E-state index in [0.29, 0.717) is 10.9 Å². The lowest BCUT2D eigenvalue weighted by molar-refractivity contribution is 0.339. The molecule has 1 unspecified atom stereocenters. The van der Waals surface area contributed by atoms with Crippen molar-refractivity contribution >= 4 is 23.2 Å². The minimum atomic E-state index is 0.148. The molecular weight excluding hydrogens is 179 g/mol. The normalized spacial score (nSPS) is 16.0. The van der Waals surface area contributed by atoms with Gasteiger partial charge in [0.1, 0.15) is 0 Å². The summed E-state index contributed by atoms with van der Waals surface area (Å²) < 4.78 is 0. The molecular formula is C9H16Cl2. The third-order valence-electron chi connectivity index (χ3n) is 1.79. The molecule has 0 saturated heterocycles. The molecule has 0 fully saturated rings. The van der Waals surface area contributed by atoms with E-state index in [9.17, 15) is 0 Å². The first-order chi connectivity index (χ1) is 5.04. The monoisotopic (exact) mass is 194 g/mol. The van der Waals surface area contributed by atoms with Crippen molar-refractivity contribution in [2.24, 2.45) is 5.41 Å². The van der Waals surface area contributed by atoms with E-state index < -0.39 is 0 Å². The highest BCUT2D eigenvalue weighted by Gasteiger charge is 2.22. The quantitative estimate of drug-likeness (QED) is 0.577. The van der Waals surface area contributed by atoms with Gasteiger partial charge in [0.05, 0.1) is 0 Å². The molecule has 0 saturated carbocycles. The fourth-order valence-electron chi connectivity index (χ4n) is 1.27. The Balaban J connectivity index is 3.98. The van der Waals surface area contributed by atoms with Gasteiger partial charge in [-0.05, 0) is 18.3 Å². The molecule has 1 atom stereocenters. The smallest absolute Gasteiger partial charge is 0.0280 e. The first-order valence-electron chi connectivity index (χ1n) is 3.93. The van der Waals surface area contributed by atoms with E-state index in [4.69, 9.17) is 23.2 Å². The Morgan fingerprint density at radius 2 is 2.09 bits per heavy atom. The zero-order valence-corrected chi connectivity index (χ0v) is 8.80. The van der Waals surface area contributed by atoms with E-state index in [1.165, 1.54) is 0 Å². The number of hydrogen-bond acceptors (Lipinski definition) is 0. The van der Waals surface area contributed by atoms with Gasteiger partial charge in [0, 0.05) is 10.9 Å². The number of rotatable bonds is 5. The summed E-state index contributed by atoms with van der Waals surface area (Å²) in [6, 6.07) is 0. The Morgan fingerprint density at radius 3 is 2.36 bits per heavy atom. The lowest BCUT2D eigenvalue weighted by atomic mass is 9.84. The van der Waals surface area contributed by atoms with Gasteiger partial charge in [0.2, 0.25) is 0 Å². The second-order valence-electron chi connectivity index (χ2n) is 3.39. The number of halogens is 2. The van der Waals surface area contributed by atoms with Crippen LogP contribution in [0.2, 0.25) is 0 Å². The molecule has 0 aliphatic heterocycles. The molecule has 0 amide bonds. The molecule has 0 aliphatic carbocycles. The van der Waals surface area contributed by atoms with E-state index >= 15 is 0 Å². The van der Waals surface area contributed by atoms with Crippen LogP contribution in [0.5, 0.6) is 0 Å². The third kappa shape index (κ3) is 4.71. The van der Waals surface area contributed by atoms with Gasteiger partial charge in [-0.15, -0.1) is 11.6 Å². The molecule has 0 aliphatic rings. The Hall–Kier alpha value is 0.320. The summed E-state index contributed by atoms with van der Waals surface area (Å²) in [7, 11) is 0. The zero-order chi connectivity index (χ0) is 8.91. The molecule has 0 bridgehead atoms. The Bertz CT molecular complexity index is 132. The first-order valence-corrected chi connectivity index (χ1v) is 4.84. The maximum atomic E-state index is 5.83. The predicted octanol–water partition coefficient (Wildman–Crippen LogP) is 4.17. The van der Waals surface area contributed by atoms with Gasteiger partial charge in [-0.3, -0.25) is 0 Å². The average Bonchev–Trinajstić information content (AvgIpc) is 1.87. The van der Waals surface area contributed by atoms with Crippen molar-refractivity contribution in [3.8, 4) is 0 Å². The largest absolute Gasteiger partial charge is 0.126 e. The minimum absolute atomic E-state index is 0.148. The van der Waals surface area contributed by atoms with Crippen LogP contribution in [0.4, 0.5) is 0 Å². The maximum Gasteiger partial charge on any atom is 0.0280 e. The molecule has 0 aromatic carbocycles. The fourth-order valence-corrected chi connectivity index (χ4v) is 1.82. The van der Waals surface area contributed by atoms with Gasteiger partial charge in [-0.2, -0.15) is 0 Å². The van der Waals surface area contributed by atoms with Gasteiger partial charge in [0.15, 0.2) is 0 Å². The van der Waals surface area contributed by atoms with Crippen molar-refractivity contribution in [2.75, 3.05) is 5.88 Å². The third-order valence-corrected chi connectivity index (χ3v) is 2.57. The van der Waals surface area contributed by atoms with Crippen molar-refractivity contribution in [1.29, 1.82) is 0 Å². The molecule has 0 nitrogen and oxygen atoms in total. The van der Waals surface area contributed by atoms with Crippen LogP contribution in [0.15, 0.2) is 11.6 Å². The predicted molar refractivity (Wildman–Crippen MR) is 53.3 cm³/mol. The van der Waals surface area contributed by atoms with Crippen LogP contribution >= 0.6 is 23.2 Å². The van der Waals surface area contributed by atoms with Crippen LogP contribution in [0, 0.1) is 5.41 Å². The van der Waals surface area contributed by atoms with E-state index in [1.54, 1.807) is 0 Å². The molecule has 0 rings (SSSR count). The van der Waals surface area contributed by atoms with Crippen molar-refractivity contribution in [3.05, 3.63) is 11.6 Å². The summed E-state index contributed by atoms with van der Waals surface area (Å²) >= 11 is 11.6. The fraction of sp³-hybridized carbons (Fsp3) is 0.778. The van der Waals surface area contributed by atoms with Crippen LogP contribution in [-0.4, -0.2) is 5.88 Å². The molecule has 0 aromatic rings. The van der Waals surface area contributed by atoms with Crippen molar-refractivity contribution in [3.63, 3.8) is 0 Å². The summed E-state index contributed by atoms with van der Waals surface area (Å²) in [5, 5.41) is 0.710. The number of alkyl halides is 1. The lowest BCUT2D eigenvalue weighted by Gasteiger charge is -2.25. The second kappa shape index (κ2) is 5.05. The highest BCUT2D eigenvalue weighted by atomic mass is 35.5. The van der Waals surface area contributed by atoms with Crippen LogP contribution in [0.3, 0.4) is 0 Å². The summed E-state index contributed by atoms with van der Waals surface area (Å²) in [4.78, 5) is 0. The summed E-state index contributed by atoms with van der Waals surface area (Å²) in [6.45, 7) is 7.98. The molecule has 0 N–H and O–H groups in total. The zero-order valence-electron chi connectivity index (χ0n) is 7.29. The van der Waals surface area contributed by atoms with E-state index in [2.05, 4.69) is 20.4 Å². The van der Waals surface area contributed by atoms with Crippen molar-refractivity contribution < 1.29 is 0 Å². The van der Waals surface area contributed by atoms with Gasteiger partial charge in [-0.1, -0.05) is 38.4 Å². The second-order valence-corrected chi connectivity index (χ2v) is 4.19. The van der Waals surface area contributed by atoms with Crippen molar-refractivity contribution in [2.45, 2.75) is 33.1 Å². The molecule has 0 radical (unpaired) electrons. The van der Waals surface area contributed by atoms with Gasteiger partial charge in [-0.25, -0.2) is 0 Å². The topological polar surface area (TPSA) is 0 Å². The standard InChI is InChI=1S/C9H16Cl2/c1-4-5-9(3,7-10)6-8(2)11/h2,4-7H2,1,3H3. The SMILES string of the molecule is C=C(Cl)CC(C)(CCl)CCC. The first kappa shape index (κ1) is 11.3. The Morgan fingerprint density at radius 1 is 1.55 bits per heavy atom. The molecule has 0 heterocycles. The lowest BCUT2D eigenvalue weighted by Crippen LogP contribution is -2.17. The Kier molecular flexibility index (Phi) is 5.20. The average molecular weight is 195 g/mol. The van der Waals surface area contributed by atoms with E-state index in [0.717, 1.165) is 19.3 Å². The summed E-state index contributed by atoms with van der Waals surface area (Å²) in [5.74, 6) is 0.659. The molecule has 2 heteroatoms. The number of allylic oxidation sites excluding steroid dienone is 1. The van der Waals surface area contributed by atoms with Gasteiger partial charge >= 0.3 is 0 Å². The maximum absolute atomic E-state index is 5.83. The van der Waals surface area contributed by atoms with Crippen LogP contribution in [-0.2, 0) is 0 Å². The Labute approximate surface area is 79.6 Å². The van der Waals surface area contributed by atoms with Gasteiger partial charge < -0.3 is 0 Å². The molecule has 66 valence electrons. The van der Waals surface area contributed by atoms with Gasteiger partial charge in [0.25, 0.3) is 0 Å². The van der Waals surface area contributed by atoms with Crippen molar-refractivity contribution in [1.82, 2.24) is 0 Å². The summed E-state index contributed by atoms with van der Waals surface area (Å²) in [5.41, 5.74) is 0.148. The summed E-state index contributed by atoms with van der Waals surface area (Å²) in [6.07, 6.45) is 3.08. The molecule has 0 aromatic heterocycles. The minimum Gasteiger partial charge on any atom is -0.126 e. The van der Waals surface area contributed by atoms with Crippen LogP contribution < -0.4 is 0 Å². The number of hydrogen-bond donors (Lipinski definition) is 0. The molecule has 11 heavy (non-hydrogen) atoms. The van der Waals surface area contributed by atoms with E-state index in [-0.39, 0.29) is 5.41 Å². The molecule has 0 spiro atoms. The highest BCUT2D eigenvalue weighted by molar-refractivity contribution is 6.29. The van der Waals surface area contributed by atoms with Crippen LogP contribution in [0.25, 0.3) is 0 Å². The highest BCUT2D eigenvalue weighted by Crippen LogP contribution is 2.32. The van der Waals surface area contributed by atoms with E-state index in [1.807, 2.05) is 0 Å².